The Morgan fingerprint density at radius 3 is 2.62 bits per heavy atom. The molecule has 0 saturated heterocycles. The molecule has 3 heterocycles. The number of rotatable bonds is 7. The van der Waals surface area contributed by atoms with Gasteiger partial charge in [0.1, 0.15) is 11.5 Å². The van der Waals surface area contributed by atoms with Gasteiger partial charge in [-0.25, -0.2) is 9.37 Å². The zero-order chi connectivity index (χ0) is 20.4. The molecule has 0 spiro atoms. The van der Waals surface area contributed by atoms with Gasteiger partial charge in [0.15, 0.2) is 5.13 Å². The van der Waals surface area contributed by atoms with Gasteiger partial charge in [-0.2, -0.15) is 10.2 Å². The zero-order valence-electron chi connectivity index (χ0n) is 16.7. The van der Waals surface area contributed by atoms with E-state index in [-0.39, 0.29) is 5.82 Å². The Bertz CT molecular complexity index is 1130. The maximum absolute atomic E-state index is 13.9. The van der Waals surface area contributed by atoms with E-state index in [0.717, 1.165) is 39.2 Å². The molecule has 0 aliphatic rings. The summed E-state index contributed by atoms with van der Waals surface area (Å²) in [6.07, 6.45) is 3.94. The number of aryl methyl sites for hydroxylation is 3. The topological polar surface area (TPSA) is 60.6 Å². The maximum Gasteiger partial charge on any atom is 0.183 e. The Morgan fingerprint density at radius 1 is 1.03 bits per heavy atom. The minimum absolute atomic E-state index is 0.216. The monoisotopic (exact) mass is 410 g/mol. The van der Waals surface area contributed by atoms with Crippen LogP contribution >= 0.6 is 11.3 Å². The fourth-order valence-electron chi connectivity index (χ4n) is 3.15. The van der Waals surface area contributed by atoms with Gasteiger partial charge in [-0.3, -0.25) is 9.36 Å². The number of halogens is 1. The van der Waals surface area contributed by atoms with Crippen molar-refractivity contribution in [1.82, 2.24) is 24.5 Å². The number of nitrogens with zero attached hydrogens (tertiary/aromatic N) is 5. The van der Waals surface area contributed by atoms with Crippen LogP contribution in [0.2, 0.25) is 0 Å². The third kappa shape index (κ3) is 4.22. The fraction of sp³-hybridized carbons (Fsp3) is 0.286. The SMILES string of the molecule is CCn1cc(CNc2nc(C)c(-c3ccn(Cc4ccccc4F)n3)s2)c(C)n1. The summed E-state index contributed by atoms with van der Waals surface area (Å²) in [6.45, 7) is 8.01. The van der Waals surface area contributed by atoms with E-state index in [0.29, 0.717) is 18.7 Å². The third-order valence-corrected chi connectivity index (χ3v) is 5.90. The first kappa shape index (κ1) is 19.3. The van der Waals surface area contributed by atoms with Crippen molar-refractivity contribution in [3.05, 3.63) is 71.1 Å². The summed E-state index contributed by atoms with van der Waals surface area (Å²) in [6, 6.07) is 8.72. The van der Waals surface area contributed by atoms with Gasteiger partial charge in [-0.1, -0.05) is 29.5 Å². The number of thiazole rings is 1. The lowest BCUT2D eigenvalue weighted by Crippen LogP contribution is -2.02. The van der Waals surface area contributed by atoms with Crippen molar-refractivity contribution in [3.8, 4) is 10.6 Å². The van der Waals surface area contributed by atoms with Crippen molar-refractivity contribution in [3.63, 3.8) is 0 Å². The van der Waals surface area contributed by atoms with Crippen LogP contribution in [0, 0.1) is 19.7 Å². The normalized spacial score (nSPS) is 11.2. The van der Waals surface area contributed by atoms with Crippen molar-refractivity contribution in [1.29, 1.82) is 0 Å². The van der Waals surface area contributed by atoms with Crippen LogP contribution in [0.15, 0.2) is 42.7 Å². The van der Waals surface area contributed by atoms with E-state index < -0.39 is 0 Å². The number of nitrogens with one attached hydrogen (secondary N) is 1. The minimum atomic E-state index is -0.216. The molecule has 0 unspecified atom stereocenters. The van der Waals surface area contributed by atoms with Crippen molar-refractivity contribution in [2.45, 2.75) is 40.4 Å². The standard InChI is InChI=1S/C21H23FN6S/c1-4-27-13-17(14(2)25-27)11-23-21-24-15(3)20(29-21)19-9-10-28(26-19)12-16-7-5-6-8-18(16)22/h5-10,13H,4,11-12H2,1-3H3,(H,23,24). The lowest BCUT2D eigenvalue weighted by molar-refractivity contribution is 0.586. The Morgan fingerprint density at radius 2 is 1.86 bits per heavy atom. The Balaban J connectivity index is 1.47. The molecule has 0 amide bonds. The van der Waals surface area contributed by atoms with Crippen LogP contribution in [0.3, 0.4) is 0 Å². The highest BCUT2D eigenvalue weighted by molar-refractivity contribution is 7.19. The zero-order valence-corrected chi connectivity index (χ0v) is 17.5. The van der Waals surface area contributed by atoms with Crippen LogP contribution in [0.25, 0.3) is 10.6 Å². The molecule has 4 rings (SSSR count). The maximum atomic E-state index is 13.9. The van der Waals surface area contributed by atoms with Gasteiger partial charge in [0.2, 0.25) is 0 Å². The van der Waals surface area contributed by atoms with Gasteiger partial charge >= 0.3 is 0 Å². The van der Waals surface area contributed by atoms with Crippen LogP contribution in [0.4, 0.5) is 9.52 Å². The van der Waals surface area contributed by atoms with Gasteiger partial charge in [-0.05, 0) is 32.9 Å². The summed E-state index contributed by atoms with van der Waals surface area (Å²) < 4.78 is 17.6. The molecule has 0 fully saturated rings. The Kier molecular flexibility index (Phi) is 5.44. The average molecular weight is 411 g/mol. The molecule has 0 atom stereocenters. The van der Waals surface area contributed by atoms with E-state index in [4.69, 9.17) is 0 Å². The molecule has 0 aliphatic heterocycles. The second kappa shape index (κ2) is 8.16. The quantitative estimate of drug-likeness (QED) is 0.482. The van der Waals surface area contributed by atoms with Crippen molar-refractivity contribution in [2.24, 2.45) is 0 Å². The molecule has 4 aromatic rings. The van der Waals surface area contributed by atoms with Gasteiger partial charge in [0.05, 0.1) is 22.8 Å². The number of benzene rings is 1. The largest absolute Gasteiger partial charge is 0.357 e. The molecule has 0 bridgehead atoms. The van der Waals surface area contributed by atoms with E-state index in [2.05, 4.69) is 33.6 Å². The Hall–Kier alpha value is -3.00. The molecule has 1 aromatic carbocycles. The number of hydrogen-bond acceptors (Lipinski definition) is 5. The molecular formula is C21H23FN6S. The predicted molar refractivity (Wildman–Crippen MR) is 114 cm³/mol. The molecule has 29 heavy (non-hydrogen) atoms. The second-order valence-electron chi connectivity index (χ2n) is 6.87. The van der Waals surface area contributed by atoms with Crippen LogP contribution in [-0.2, 0) is 19.6 Å². The van der Waals surface area contributed by atoms with E-state index in [9.17, 15) is 4.39 Å². The minimum Gasteiger partial charge on any atom is -0.357 e. The van der Waals surface area contributed by atoms with E-state index >= 15 is 0 Å². The first-order chi connectivity index (χ1) is 14.0. The van der Waals surface area contributed by atoms with Gasteiger partial charge < -0.3 is 5.32 Å². The summed E-state index contributed by atoms with van der Waals surface area (Å²) in [5, 5.41) is 13.3. The lowest BCUT2D eigenvalue weighted by Gasteiger charge is -2.03. The van der Waals surface area contributed by atoms with E-state index in [1.807, 2.05) is 36.9 Å². The first-order valence-electron chi connectivity index (χ1n) is 9.55. The molecule has 1 N–H and O–H groups in total. The molecular weight excluding hydrogens is 387 g/mol. The molecule has 0 aliphatic carbocycles. The number of hydrogen-bond donors (Lipinski definition) is 1. The van der Waals surface area contributed by atoms with Gasteiger partial charge in [0, 0.05) is 36.6 Å². The number of aromatic nitrogens is 5. The second-order valence-corrected chi connectivity index (χ2v) is 7.87. The summed E-state index contributed by atoms with van der Waals surface area (Å²) in [5.74, 6) is -0.216. The molecule has 8 heteroatoms. The molecule has 0 saturated carbocycles. The Labute approximate surface area is 173 Å². The summed E-state index contributed by atoms with van der Waals surface area (Å²) in [4.78, 5) is 5.65. The summed E-state index contributed by atoms with van der Waals surface area (Å²) in [5.41, 5.74) is 4.58. The van der Waals surface area contributed by atoms with Crippen LogP contribution < -0.4 is 5.32 Å². The predicted octanol–water partition coefficient (Wildman–Crippen LogP) is 4.64. The lowest BCUT2D eigenvalue weighted by atomic mass is 10.2. The fourth-order valence-corrected chi connectivity index (χ4v) is 4.07. The highest BCUT2D eigenvalue weighted by Gasteiger charge is 2.14. The molecule has 150 valence electrons. The molecule has 0 radical (unpaired) electrons. The van der Waals surface area contributed by atoms with E-state index in [1.54, 1.807) is 28.2 Å². The van der Waals surface area contributed by atoms with Gasteiger partial charge in [-0.15, -0.1) is 0 Å². The molecule has 6 nitrogen and oxygen atoms in total. The highest BCUT2D eigenvalue weighted by atomic mass is 32.1. The van der Waals surface area contributed by atoms with Crippen molar-refractivity contribution >= 4 is 16.5 Å². The van der Waals surface area contributed by atoms with Crippen LogP contribution in [-0.4, -0.2) is 24.5 Å². The van der Waals surface area contributed by atoms with Crippen molar-refractivity contribution in [2.75, 3.05) is 5.32 Å². The highest BCUT2D eigenvalue weighted by Crippen LogP contribution is 2.32. The van der Waals surface area contributed by atoms with E-state index in [1.165, 1.54) is 6.07 Å². The summed E-state index contributed by atoms with van der Waals surface area (Å²) >= 11 is 1.57. The first-order valence-corrected chi connectivity index (χ1v) is 10.4. The van der Waals surface area contributed by atoms with Crippen LogP contribution in [0.5, 0.6) is 0 Å². The third-order valence-electron chi connectivity index (χ3n) is 4.76. The van der Waals surface area contributed by atoms with Crippen molar-refractivity contribution < 1.29 is 4.39 Å². The number of anilines is 1. The summed E-state index contributed by atoms with van der Waals surface area (Å²) in [7, 11) is 0. The molecule has 3 aromatic heterocycles. The average Bonchev–Trinajstić information content (AvgIpc) is 3.40. The van der Waals surface area contributed by atoms with Gasteiger partial charge in [0.25, 0.3) is 0 Å². The smallest absolute Gasteiger partial charge is 0.183 e. The van der Waals surface area contributed by atoms with Crippen LogP contribution in [0.1, 0.15) is 29.4 Å².